The molecular weight excluding hydrogens is 350 g/mol. The van der Waals surface area contributed by atoms with Gasteiger partial charge in [0, 0.05) is 24.3 Å². The number of para-hydroxylation sites is 1. The summed E-state index contributed by atoms with van der Waals surface area (Å²) in [5, 5.41) is 7.07. The van der Waals surface area contributed by atoms with Gasteiger partial charge in [0.1, 0.15) is 5.69 Å². The van der Waals surface area contributed by atoms with Crippen molar-refractivity contribution in [2.24, 2.45) is 0 Å². The third-order valence-electron chi connectivity index (χ3n) is 4.30. The number of nitrogens with one attached hydrogen (secondary N) is 2. The van der Waals surface area contributed by atoms with E-state index in [1.165, 1.54) is 0 Å². The normalized spacial score (nSPS) is 10.6. The van der Waals surface area contributed by atoms with Gasteiger partial charge in [0.05, 0.1) is 11.2 Å². The second-order valence-corrected chi connectivity index (χ2v) is 6.44. The summed E-state index contributed by atoms with van der Waals surface area (Å²) in [5.74, 6) is 0.101. The van der Waals surface area contributed by atoms with Crippen molar-refractivity contribution in [3.63, 3.8) is 0 Å². The van der Waals surface area contributed by atoms with Crippen molar-refractivity contribution < 1.29 is 4.79 Å². The molecule has 0 aliphatic carbocycles. The fraction of sp³-hybridized carbons (Fsp3) is 0.0909. The Morgan fingerprint density at radius 2 is 1.82 bits per heavy atom. The molecule has 0 aliphatic heterocycles. The number of aryl methyl sites for hydroxylation is 1. The lowest BCUT2D eigenvalue weighted by atomic mass is 10.1. The van der Waals surface area contributed by atoms with E-state index in [1.807, 2.05) is 61.5 Å². The molecule has 4 aromatic rings. The molecule has 0 aliphatic rings. The van der Waals surface area contributed by atoms with E-state index in [1.54, 1.807) is 18.5 Å². The van der Waals surface area contributed by atoms with Crippen LogP contribution < -0.4 is 10.6 Å². The van der Waals surface area contributed by atoms with Crippen LogP contribution in [0.15, 0.2) is 73.1 Å². The van der Waals surface area contributed by atoms with Crippen molar-refractivity contribution in [3.05, 3.63) is 89.9 Å². The van der Waals surface area contributed by atoms with Crippen LogP contribution in [-0.4, -0.2) is 20.9 Å². The lowest BCUT2D eigenvalue weighted by Gasteiger charge is -2.09. The summed E-state index contributed by atoms with van der Waals surface area (Å²) in [6, 6.07) is 19.3. The van der Waals surface area contributed by atoms with Gasteiger partial charge in [-0.25, -0.2) is 9.97 Å². The number of aromatic nitrogens is 3. The number of carbonyl (C=O) groups is 1. The Morgan fingerprint density at radius 1 is 0.964 bits per heavy atom. The van der Waals surface area contributed by atoms with Gasteiger partial charge in [0.2, 0.25) is 5.95 Å². The molecule has 1 amide bonds. The minimum Gasteiger partial charge on any atom is -0.347 e. The first-order chi connectivity index (χ1) is 13.7. The van der Waals surface area contributed by atoms with Crippen LogP contribution in [-0.2, 0) is 6.54 Å². The molecule has 6 nitrogen and oxygen atoms in total. The van der Waals surface area contributed by atoms with Gasteiger partial charge in [-0.15, -0.1) is 0 Å². The van der Waals surface area contributed by atoms with E-state index >= 15 is 0 Å². The van der Waals surface area contributed by atoms with E-state index in [2.05, 4.69) is 25.6 Å². The third-order valence-corrected chi connectivity index (χ3v) is 4.30. The quantitative estimate of drug-likeness (QED) is 0.556. The number of carbonyl (C=O) groups excluding carboxylic acids is 1. The SMILES string of the molecule is Cc1cccc(CNC(=O)c2ccnc(Nc3cccc4cccnc34)n2)c1. The molecule has 0 radical (unpaired) electrons. The highest BCUT2D eigenvalue weighted by Crippen LogP contribution is 2.22. The number of nitrogens with zero attached hydrogens (tertiary/aromatic N) is 3. The van der Waals surface area contributed by atoms with Crippen LogP contribution in [0.1, 0.15) is 21.6 Å². The van der Waals surface area contributed by atoms with Crippen LogP contribution in [0, 0.1) is 6.92 Å². The zero-order chi connectivity index (χ0) is 19.3. The summed E-state index contributed by atoms with van der Waals surface area (Å²) in [5.41, 5.74) is 4.11. The maximum absolute atomic E-state index is 12.5. The summed E-state index contributed by atoms with van der Waals surface area (Å²) < 4.78 is 0. The summed E-state index contributed by atoms with van der Waals surface area (Å²) in [4.78, 5) is 25.5. The van der Waals surface area contributed by atoms with Gasteiger partial charge in [-0.05, 0) is 30.7 Å². The number of pyridine rings is 1. The summed E-state index contributed by atoms with van der Waals surface area (Å²) >= 11 is 0. The molecule has 0 bridgehead atoms. The number of benzene rings is 2. The molecule has 6 heteroatoms. The van der Waals surface area contributed by atoms with Crippen LogP contribution in [0.5, 0.6) is 0 Å². The summed E-state index contributed by atoms with van der Waals surface area (Å²) in [7, 11) is 0. The van der Waals surface area contributed by atoms with Crippen LogP contribution in [0.3, 0.4) is 0 Å². The maximum atomic E-state index is 12.5. The zero-order valence-electron chi connectivity index (χ0n) is 15.4. The summed E-state index contributed by atoms with van der Waals surface area (Å²) in [6.45, 7) is 2.47. The van der Waals surface area contributed by atoms with Crippen molar-refractivity contribution >= 4 is 28.4 Å². The van der Waals surface area contributed by atoms with Crippen molar-refractivity contribution in [3.8, 4) is 0 Å². The fourth-order valence-corrected chi connectivity index (χ4v) is 2.97. The molecule has 138 valence electrons. The second-order valence-electron chi connectivity index (χ2n) is 6.44. The molecule has 2 N–H and O–H groups in total. The van der Waals surface area contributed by atoms with E-state index in [9.17, 15) is 4.79 Å². The Kier molecular flexibility index (Phi) is 4.93. The average Bonchev–Trinajstić information content (AvgIpc) is 2.73. The van der Waals surface area contributed by atoms with E-state index in [0.717, 1.165) is 27.7 Å². The van der Waals surface area contributed by atoms with Gasteiger partial charge in [-0.1, -0.05) is 48.0 Å². The molecule has 2 aromatic heterocycles. The summed E-state index contributed by atoms with van der Waals surface area (Å²) in [6.07, 6.45) is 3.30. The molecule has 0 unspecified atom stereocenters. The topological polar surface area (TPSA) is 79.8 Å². The zero-order valence-corrected chi connectivity index (χ0v) is 15.4. The average molecular weight is 369 g/mol. The van der Waals surface area contributed by atoms with Crippen LogP contribution in [0.2, 0.25) is 0 Å². The van der Waals surface area contributed by atoms with Gasteiger partial charge in [0.25, 0.3) is 5.91 Å². The smallest absolute Gasteiger partial charge is 0.270 e. The van der Waals surface area contributed by atoms with E-state index < -0.39 is 0 Å². The van der Waals surface area contributed by atoms with E-state index in [4.69, 9.17) is 0 Å². The molecule has 0 saturated heterocycles. The molecule has 28 heavy (non-hydrogen) atoms. The molecular formula is C22H19N5O. The van der Waals surface area contributed by atoms with E-state index in [0.29, 0.717) is 18.2 Å². The molecule has 0 fully saturated rings. The largest absolute Gasteiger partial charge is 0.347 e. The number of rotatable bonds is 5. The first-order valence-corrected chi connectivity index (χ1v) is 8.96. The molecule has 0 saturated carbocycles. The van der Waals surface area contributed by atoms with Crippen LogP contribution >= 0.6 is 0 Å². The Balaban J connectivity index is 1.50. The van der Waals surface area contributed by atoms with Gasteiger partial charge < -0.3 is 10.6 Å². The fourth-order valence-electron chi connectivity index (χ4n) is 2.97. The highest BCUT2D eigenvalue weighted by molar-refractivity contribution is 5.93. The first kappa shape index (κ1) is 17.6. The predicted octanol–water partition coefficient (Wildman–Crippen LogP) is 4.01. The van der Waals surface area contributed by atoms with Gasteiger partial charge in [-0.3, -0.25) is 9.78 Å². The standard InChI is InChI=1S/C22H19N5O/c1-15-5-2-6-16(13-15)14-25-21(28)19-10-12-24-22(27-19)26-18-9-3-7-17-8-4-11-23-20(17)18/h2-13H,14H2,1H3,(H,25,28)(H,24,26,27). The lowest BCUT2D eigenvalue weighted by Crippen LogP contribution is -2.24. The predicted molar refractivity (Wildman–Crippen MR) is 109 cm³/mol. The number of anilines is 2. The van der Waals surface area contributed by atoms with Gasteiger partial charge in [0.15, 0.2) is 0 Å². The van der Waals surface area contributed by atoms with E-state index in [-0.39, 0.29) is 5.91 Å². The lowest BCUT2D eigenvalue weighted by molar-refractivity contribution is 0.0946. The van der Waals surface area contributed by atoms with Crippen LogP contribution in [0.4, 0.5) is 11.6 Å². The minimum atomic E-state index is -0.247. The molecule has 0 atom stereocenters. The van der Waals surface area contributed by atoms with Crippen molar-refractivity contribution in [2.75, 3.05) is 5.32 Å². The Hall–Kier alpha value is -3.80. The number of fused-ring (bicyclic) bond motifs is 1. The third kappa shape index (κ3) is 3.96. The van der Waals surface area contributed by atoms with Crippen molar-refractivity contribution in [1.29, 1.82) is 0 Å². The Bertz CT molecular complexity index is 1140. The monoisotopic (exact) mass is 369 g/mol. The second kappa shape index (κ2) is 7.84. The van der Waals surface area contributed by atoms with Crippen molar-refractivity contribution in [1.82, 2.24) is 20.3 Å². The Labute approximate surface area is 162 Å². The minimum absolute atomic E-state index is 0.247. The molecule has 0 spiro atoms. The van der Waals surface area contributed by atoms with Crippen molar-refractivity contribution in [2.45, 2.75) is 13.5 Å². The van der Waals surface area contributed by atoms with Gasteiger partial charge >= 0.3 is 0 Å². The van der Waals surface area contributed by atoms with Crippen LogP contribution in [0.25, 0.3) is 10.9 Å². The molecule has 4 rings (SSSR count). The number of hydrogen-bond donors (Lipinski definition) is 2. The number of amides is 1. The number of hydrogen-bond acceptors (Lipinski definition) is 5. The molecule has 2 heterocycles. The maximum Gasteiger partial charge on any atom is 0.270 e. The molecule has 2 aromatic carbocycles. The highest BCUT2D eigenvalue weighted by atomic mass is 16.1. The first-order valence-electron chi connectivity index (χ1n) is 8.96. The highest BCUT2D eigenvalue weighted by Gasteiger charge is 2.10. The van der Waals surface area contributed by atoms with Gasteiger partial charge in [-0.2, -0.15) is 0 Å². The Morgan fingerprint density at radius 3 is 2.71 bits per heavy atom.